The van der Waals surface area contributed by atoms with Crippen molar-refractivity contribution in [2.75, 3.05) is 0 Å². The zero-order valence-corrected chi connectivity index (χ0v) is 3.59. The molecule has 0 unspecified atom stereocenters. The summed E-state index contributed by atoms with van der Waals surface area (Å²) in [5, 5.41) is 16.0. The zero-order valence-electron chi connectivity index (χ0n) is 3.59. The molecule has 0 radical (unpaired) electrons. The monoisotopic (exact) mass is 88.1 g/mol. The lowest BCUT2D eigenvalue weighted by Crippen LogP contribution is -2.14. The van der Waals surface area contributed by atoms with E-state index in [9.17, 15) is 0 Å². The Morgan fingerprint density at radius 2 is 2.33 bits per heavy atom. The van der Waals surface area contributed by atoms with Gasteiger partial charge in [0.1, 0.15) is 0 Å². The maximum atomic E-state index is 8.17. The molecule has 0 spiro atoms. The topological polar surface area (TPSA) is 49.7 Å². The molecule has 0 amide bonds. The average Bonchev–Trinajstić information content (AvgIpc) is 1.35. The molecule has 0 aromatic carbocycles. The van der Waals surface area contributed by atoms with E-state index in [1.165, 1.54) is 6.82 Å². The van der Waals surface area contributed by atoms with Gasteiger partial charge in [-0.15, -0.1) is 0 Å². The molecule has 0 saturated carbocycles. The van der Waals surface area contributed by atoms with Gasteiger partial charge in [0.05, 0.1) is 0 Å². The second kappa shape index (κ2) is 3.21. The van der Waals surface area contributed by atoms with Crippen molar-refractivity contribution in [1.29, 1.82) is 0 Å². The third-order valence-electron chi connectivity index (χ3n) is 0.316. The summed E-state index contributed by atoms with van der Waals surface area (Å²) in [5.74, 6) is 0. The summed E-state index contributed by atoms with van der Waals surface area (Å²) in [7, 11) is -1.27. The lowest BCUT2D eigenvalue weighted by Gasteiger charge is -1.92. The molecule has 0 rings (SSSR count). The van der Waals surface area contributed by atoms with Gasteiger partial charge < -0.3 is 14.6 Å². The molecule has 0 saturated heterocycles. The van der Waals surface area contributed by atoms with Crippen LogP contribution in [0.5, 0.6) is 0 Å². The fourth-order valence-corrected chi connectivity index (χ4v) is 0.108. The predicted octanol–water partition coefficient (Wildman–Crippen LogP) is -1.63. The van der Waals surface area contributed by atoms with E-state index in [0.29, 0.717) is 0 Å². The highest BCUT2D eigenvalue weighted by Gasteiger charge is 1.99. The summed E-state index contributed by atoms with van der Waals surface area (Å²) in [6.45, 7) is 1.43. The normalized spacial score (nSPS) is 7.83. The second-order valence-electron chi connectivity index (χ2n) is 0.895. The summed E-state index contributed by atoms with van der Waals surface area (Å²) >= 11 is 0. The van der Waals surface area contributed by atoms with Crippen LogP contribution in [0.25, 0.3) is 0 Å². The molecule has 6 heavy (non-hydrogen) atoms. The van der Waals surface area contributed by atoms with Crippen LogP contribution in [0.2, 0.25) is 6.82 Å². The molecule has 3 nitrogen and oxygen atoms in total. The van der Waals surface area contributed by atoms with Gasteiger partial charge in [-0.05, 0) is 6.82 Å². The van der Waals surface area contributed by atoms with E-state index in [2.05, 4.69) is 4.57 Å². The molecular formula is CH6B2O3. The Labute approximate surface area is 37.4 Å². The lowest BCUT2D eigenvalue weighted by molar-refractivity contribution is 0.387. The molecule has 0 aliphatic rings. The number of rotatable bonds is 2. The summed E-state index contributed by atoms with van der Waals surface area (Å²) in [6, 6.07) is 0. The van der Waals surface area contributed by atoms with Crippen molar-refractivity contribution in [3.63, 3.8) is 0 Å². The van der Waals surface area contributed by atoms with Crippen LogP contribution in [0.3, 0.4) is 0 Å². The SMILES string of the molecule is CB(O)OBO. The van der Waals surface area contributed by atoms with Crippen molar-refractivity contribution in [1.82, 2.24) is 0 Å². The van der Waals surface area contributed by atoms with Crippen molar-refractivity contribution >= 4 is 14.8 Å². The molecule has 5 heteroatoms. The van der Waals surface area contributed by atoms with E-state index in [4.69, 9.17) is 10.0 Å². The summed E-state index contributed by atoms with van der Waals surface area (Å²) in [4.78, 5) is 0. The first-order chi connectivity index (χ1) is 2.77. The predicted molar refractivity (Wildman–Crippen MR) is 24.3 cm³/mol. The van der Waals surface area contributed by atoms with Crippen LogP contribution >= 0.6 is 0 Å². The molecule has 0 aromatic rings. The van der Waals surface area contributed by atoms with Gasteiger partial charge in [-0.3, -0.25) is 0 Å². The van der Waals surface area contributed by atoms with Gasteiger partial charge in [-0.25, -0.2) is 0 Å². The Balaban J connectivity index is 2.63. The largest absolute Gasteiger partial charge is 0.454 e. The van der Waals surface area contributed by atoms with Crippen molar-refractivity contribution in [3.8, 4) is 0 Å². The Bertz CT molecular complexity index is 30.0. The standard InChI is InChI=1S/CH6B2O3/c1-3(5)6-2-4/h2,4-5H,1H3. The highest BCUT2D eigenvalue weighted by molar-refractivity contribution is 6.48. The molecule has 0 atom stereocenters. The quantitative estimate of drug-likeness (QED) is 0.398. The van der Waals surface area contributed by atoms with Crippen molar-refractivity contribution in [2.24, 2.45) is 0 Å². The van der Waals surface area contributed by atoms with Gasteiger partial charge in [-0.1, -0.05) is 0 Å². The Morgan fingerprint density at radius 3 is 2.33 bits per heavy atom. The minimum Gasteiger partial charge on any atom is -0.454 e. The van der Waals surface area contributed by atoms with E-state index < -0.39 is 14.8 Å². The van der Waals surface area contributed by atoms with Gasteiger partial charge in [0.15, 0.2) is 0 Å². The minimum atomic E-state index is -0.852. The third-order valence-corrected chi connectivity index (χ3v) is 0.316. The van der Waals surface area contributed by atoms with Gasteiger partial charge in [0.25, 0.3) is 0 Å². The first-order valence-corrected chi connectivity index (χ1v) is 1.68. The molecule has 0 heterocycles. The van der Waals surface area contributed by atoms with E-state index in [0.717, 1.165) is 0 Å². The molecule has 0 fully saturated rings. The molecule has 0 aliphatic carbocycles. The fourth-order valence-electron chi connectivity index (χ4n) is 0.108. The highest BCUT2D eigenvalue weighted by atomic mass is 16.5. The summed E-state index contributed by atoms with van der Waals surface area (Å²) in [6.07, 6.45) is 0. The Hall–Kier alpha value is 0.00987. The second-order valence-corrected chi connectivity index (χ2v) is 0.895. The van der Waals surface area contributed by atoms with Gasteiger partial charge in [0.2, 0.25) is 0 Å². The molecule has 0 bridgehead atoms. The zero-order chi connectivity index (χ0) is 4.99. The maximum Gasteiger partial charge on any atom is 0.436 e. The van der Waals surface area contributed by atoms with Gasteiger partial charge >= 0.3 is 14.8 Å². The highest BCUT2D eigenvalue weighted by Crippen LogP contribution is 1.69. The minimum absolute atomic E-state index is 0.419. The lowest BCUT2D eigenvalue weighted by atomic mass is 9.95. The maximum absolute atomic E-state index is 8.17. The first-order valence-electron chi connectivity index (χ1n) is 1.68. The van der Waals surface area contributed by atoms with E-state index in [-0.39, 0.29) is 0 Å². The summed E-state index contributed by atoms with van der Waals surface area (Å²) in [5.41, 5.74) is 0. The van der Waals surface area contributed by atoms with Crippen LogP contribution in [-0.2, 0) is 4.57 Å². The molecule has 2 N–H and O–H groups in total. The summed E-state index contributed by atoms with van der Waals surface area (Å²) < 4.78 is 4.15. The van der Waals surface area contributed by atoms with E-state index >= 15 is 0 Å². The van der Waals surface area contributed by atoms with Crippen molar-refractivity contribution in [2.45, 2.75) is 6.82 Å². The smallest absolute Gasteiger partial charge is 0.436 e. The average molecular weight is 87.7 g/mol. The van der Waals surface area contributed by atoms with Crippen LogP contribution in [0.4, 0.5) is 0 Å². The van der Waals surface area contributed by atoms with E-state index in [1.54, 1.807) is 0 Å². The third kappa shape index (κ3) is 4.01. The Morgan fingerprint density at radius 1 is 1.83 bits per heavy atom. The van der Waals surface area contributed by atoms with E-state index in [1.807, 2.05) is 0 Å². The van der Waals surface area contributed by atoms with Gasteiger partial charge in [0, 0.05) is 0 Å². The van der Waals surface area contributed by atoms with Crippen LogP contribution < -0.4 is 0 Å². The van der Waals surface area contributed by atoms with Crippen LogP contribution in [0.15, 0.2) is 0 Å². The van der Waals surface area contributed by atoms with Crippen LogP contribution in [0.1, 0.15) is 0 Å². The number of hydrogen-bond donors (Lipinski definition) is 2. The Kier molecular flexibility index (Phi) is 3.21. The number of hydrogen-bond acceptors (Lipinski definition) is 3. The van der Waals surface area contributed by atoms with Crippen molar-refractivity contribution < 1.29 is 14.6 Å². The molecule has 0 aliphatic heterocycles. The van der Waals surface area contributed by atoms with Gasteiger partial charge in [-0.2, -0.15) is 0 Å². The molecular weight excluding hydrogens is 81.6 g/mol. The van der Waals surface area contributed by atoms with Crippen LogP contribution in [0, 0.1) is 0 Å². The molecule has 34 valence electrons. The molecule has 0 aromatic heterocycles. The van der Waals surface area contributed by atoms with Crippen molar-refractivity contribution in [3.05, 3.63) is 0 Å². The first kappa shape index (κ1) is 6.01. The van der Waals surface area contributed by atoms with Crippen LogP contribution in [-0.4, -0.2) is 24.9 Å². The fraction of sp³-hybridized carbons (Fsp3) is 1.00.